The van der Waals surface area contributed by atoms with Crippen LogP contribution < -0.4 is 9.47 Å². The highest BCUT2D eigenvalue weighted by molar-refractivity contribution is 5.98. The molecule has 0 spiro atoms. The lowest BCUT2D eigenvalue weighted by Crippen LogP contribution is -2.44. The van der Waals surface area contributed by atoms with Crippen LogP contribution in [0.2, 0.25) is 0 Å². The molecule has 3 aliphatic rings. The normalized spacial score (nSPS) is 20.3. The van der Waals surface area contributed by atoms with E-state index in [1.807, 2.05) is 35.2 Å². The van der Waals surface area contributed by atoms with E-state index in [1.165, 1.54) is 5.56 Å². The van der Waals surface area contributed by atoms with Gasteiger partial charge >= 0.3 is 0 Å². The molecule has 1 fully saturated rings. The van der Waals surface area contributed by atoms with Crippen molar-refractivity contribution < 1.29 is 19.1 Å². The summed E-state index contributed by atoms with van der Waals surface area (Å²) in [4.78, 5) is 32.9. The number of nitrogens with zero attached hydrogens (tertiary/aromatic N) is 3. The standard InChI is InChI=1S/C31H41N3O4/c1-3-5-14-32(15-6-4-2)30(35)21-34-20-25(23-11-12-28-29(18-23)38-22-37-28)17-26(34)13-16-33-19-24-9-7-8-10-27(24)31(33)36/h7-12,18,25-26H,3-6,13-17,19-22H2,1-2H3/t25?,26-/m0/s1. The van der Waals surface area contributed by atoms with E-state index in [1.54, 1.807) is 0 Å². The first-order valence-electron chi connectivity index (χ1n) is 14.4. The minimum absolute atomic E-state index is 0.124. The van der Waals surface area contributed by atoms with Crippen molar-refractivity contribution in [2.45, 2.75) is 70.9 Å². The van der Waals surface area contributed by atoms with E-state index in [2.05, 4.69) is 35.8 Å². The summed E-state index contributed by atoms with van der Waals surface area (Å²) < 4.78 is 11.2. The zero-order valence-corrected chi connectivity index (χ0v) is 22.9. The first-order valence-corrected chi connectivity index (χ1v) is 14.4. The molecular formula is C31H41N3O4. The maximum Gasteiger partial charge on any atom is 0.254 e. The molecule has 1 saturated heterocycles. The molecule has 3 aliphatic heterocycles. The highest BCUT2D eigenvalue weighted by Gasteiger charge is 2.36. The second-order valence-corrected chi connectivity index (χ2v) is 10.9. The Bertz CT molecular complexity index is 1130. The van der Waals surface area contributed by atoms with E-state index in [4.69, 9.17) is 9.47 Å². The second kappa shape index (κ2) is 12.2. The van der Waals surface area contributed by atoms with Crippen LogP contribution in [0.25, 0.3) is 0 Å². The first kappa shape index (κ1) is 26.5. The molecule has 1 unspecified atom stereocenters. The summed E-state index contributed by atoms with van der Waals surface area (Å²) in [5.41, 5.74) is 3.16. The molecule has 2 amide bonds. The predicted octanol–water partition coefficient (Wildman–Crippen LogP) is 5.05. The van der Waals surface area contributed by atoms with Gasteiger partial charge in [-0.15, -0.1) is 0 Å². The van der Waals surface area contributed by atoms with Crippen molar-refractivity contribution in [3.05, 3.63) is 59.2 Å². The van der Waals surface area contributed by atoms with Gasteiger partial charge in [0, 0.05) is 44.3 Å². The molecule has 0 N–H and O–H groups in total. The van der Waals surface area contributed by atoms with Crippen LogP contribution in [-0.2, 0) is 11.3 Å². The summed E-state index contributed by atoms with van der Waals surface area (Å²) in [6, 6.07) is 14.4. The van der Waals surface area contributed by atoms with Gasteiger partial charge < -0.3 is 19.3 Å². The molecule has 0 aromatic heterocycles. The number of unbranched alkanes of at least 4 members (excludes halogenated alkanes) is 2. The summed E-state index contributed by atoms with van der Waals surface area (Å²) >= 11 is 0. The molecule has 3 heterocycles. The number of rotatable bonds is 12. The quantitative estimate of drug-likeness (QED) is 0.393. The Morgan fingerprint density at radius 3 is 2.55 bits per heavy atom. The number of hydrogen-bond acceptors (Lipinski definition) is 5. The maximum atomic E-state index is 13.5. The van der Waals surface area contributed by atoms with Crippen molar-refractivity contribution in [2.24, 2.45) is 0 Å². The minimum atomic E-state index is 0.124. The molecule has 0 radical (unpaired) electrons. The number of benzene rings is 2. The molecule has 2 aromatic rings. The van der Waals surface area contributed by atoms with Gasteiger partial charge in [-0.3, -0.25) is 14.5 Å². The Kier molecular flexibility index (Phi) is 8.52. The second-order valence-electron chi connectivity index (χ2n) is 10.9. The maximum absolute atomic E-state index is 13.5. The van der Waals surface area contributed by atoms with Crippen molar-refractivity contribution in [1.29, 1.82) is 0 Å². The number of likely N-dealkylation sites (tertiary alicyclic amines) is 1. The number of fused-ring (bicyclic) bond motifs is 2. The van der Waals surface area contributed by atoms with E-state index in [0.717, 1.165) is 80.8 Å². The Labute approximate surface area is 226 Å². The first-order chi connectivity index (χ1) is 18.6. The average molecular weight is 520 g/mol. The molecular weight excluding hydrogens is 478 g/mol. The summed E-state index contributed by atoms with van der Waals surface area (Å²) in [7, 11) is 0. The molecule has 38 heavy (non-hydrogen) atoms. The van der Waals surface area contributed by atoms with Crippen LogP contribution in [0.15, 0.2) is 42.5 Å². The lowest BCUT2D eigenvalue weighted by molar-refractivity contribution is -0.132. The van der Waals surface area contributed by atoms with Gasteiger partial charge in [-0.05, 0) is 60.9 Å². The molecule has 0 aliphatic carbocycles. The highest BCUT2D eigenvalue weighted by Crippen LogP contribution is 2.39. The van der Waals surface area contributed by atoms with Gasteiger partial charge in [0.1, 0.15) is 0 Å². The summed E-state index contributed by atoms with van der Waals surface area (Å²) in [6.07, 6.45) is 6.07. The van der Waals surface area contributed by atoms with Crippen LogP contribution in [0.4, 0.5) is 0 Å². The fraction of sp³-hybridized carbons (Fsp3) is 0.548. The Morgan fingerprint density at radius 1 is 1.03 bits per heavy atom. The van der Waals surface area contributed by atoms with Gasteiger partial charge in [0.2, 0.25) is 12.7 Å². The SMILES string of the molecule is CCCCN(CCCC)C(=O)CN1CC(c2ccc3c(c2)OCO3)C[C@@H]1CCN1Cc2ccccc2C1=O. The average Bonchev–Trinajstić information content (AvgIpc) is 3.64. The summed E-state index contributed by atoms with van der Waals surface area (Å²) in [6.45, 7) is 8.93. The topological polar surface area (TPSA) is 62.3 Å². The molecule has 2 atom stereocenters. The van der Waals surface area contributed by atoms with Crippen LogP contribution in [0, 0.1) is 0 Å². The van der Waals surface area contributed by atoms with E-state index in [9.17, 15) is 9.59 Å². The van der Waals surface area contributed by atoms with E-state index >= 15 is 0 Å². The number of ether oxygens (including phenoxy) is 2. The van der Waals surface area contributed by atoms with Crippen LogP contribution in [0.3, 0.4) is 0 Å². The van der Waals surface area contributed by atoms with Crippen molar-refractivity contribution in [3.8, 4) is 11.5 Å². The molecule has 204 valence electrons. The van der Waals surface area contributed by atoms with Crippen molar-refractivity contribution in [2.75, 3.05) is 39.5 Å². The molecule has 5 rings (SSSR count). The third-order valence-corrected chi connectivity index (χ3v) is 8.28. The largest absolute Gasteiger partial charge is 0.454 e. The van der Waals surface area contributed by atoms with Crippen LogP contribution >= 0.6 is 0 Å². The number of hydrogen-bond donors (Lipinski definition) is 0. The van der Waals surface area contributed by atoms with Gasteiger partial charge in [-0.25, -0.2) is 0 Å². The lowest BCUT2D eigenvalue weighted by atomic mass is 9.95. The van der Waals surface area contributed by atoms with Gasteiger partial charge in [0.15, 0.2) is 11.5 Å². The third kappa shape index (κ3) is 5.83. The highest BCUT2D eigenvalue weighted by atomic mass is 16.7. The molecule has 0 saturated carbocycles. The van der Waals surface area contributed by atoms with Crippen LogP contribution in [0.1, 0.15) is 79.8 Å². The Morgan fingerprint density at radius 2 is 1.79 bits per heavy atom. The van der Waals surface area contributed by atoms with Crippen LogP contribution in [-0.4, -0.2) is 72.1 Å². The summed E-state index contributed by atoms with van der Waals surface area (Å²) in [5, 5.41) is 0. The van der Waals surface area contributed by atoms with Gasteiger partial charge in [-0.2, -0.15) is 0 Å². The molecule has 7 heteroatoms. The van der Waals surface area contributed by atoms with Gasteiger partial charge in [0.25, 0.3) is 5.91 Å². The lowest BCUT2D eigenvalue weighted by Gasteiger charge is -2.29. The minimum Gasteiger partial charge on any atom is -0.454 e. The fourth-order valence-electron chi connectivity index (χ4n) is 6.02. The van der Waals surface area contributed by atoms with E-state index in [0.29, 0.717) is 25.6 Å². The van der Waals surface area contributed by atoms with Gasteiger partial charge in [0.05, 0.1) is 6.54 Å². The Hall–Kier alpha value is -3.06. The van der Waals surface area contributed by atoms with Crippen molar-refractivity contribution >= 4 is 11.8 Å². The smallest absolute Gasteiger partial charge is 0.254 e. The molecule has 2 aromatic carbocycles. The zero-order valence-electron chi connectivity index (χ0n) is 22.9. The van der Waals surface area contributed by atoms with Crippen LogP contribution in [0.5, 0.6) is 11.5 Å². The fourth-order valence-corrected chi connectivity index (χ4v) is 6.02. The number of carbonyl (C=O) groups is 2. The van der Waals surface area contributed by atoms with Crippen molar-refractivity contribution in [3.63, 3.8) is 0 Å². The van der Waals surface area contributed by atoms with Crippen molar-refractivity contribution in [1.82, 2.24) is 14.7 Å². The number of carbonyl (C=O) groups excluding carboxylic acids is 2. The van der Waals surface area contributed by atoms with E-state index < -0.39 is 0 Å². The van der Waals surface area contributed by atoms with E-state index in [-0.39, 0.29) is 24.6 Å². The monoisotopic (exact) mass is 519 g/mol. The molecule has 0 bridgehead atoms. The number of amides is 2. The predicted molar refractivity (Wildman–Crippen MR) is 147 cm³/mol. The zero-order chi connectivity index (χ0) is 26.5. The third-order valence-electron chi connectivity index (χ3n) is 8.28. The summed E-state index contributed by atoms with van der Waals surface area (Å²) in [5.74, 6) is 2.27. The molecule has 7 nitrogen and oxygen atoms in total. The Balaban J connectivity index is 1.28. The van der Waals surface area contributed by atoms with Gasteiger partial charge in [-0.1, -0.05) is 51.0 Å².